The van der Waals surface area contributed by atoms with Crippen LogP contribution >= 0.6 is 0 Å². The molecule has 0 bridgehead atoms. The van der Waals surface area contributed by atoms with E-state index in [1.807, 2.05) is 0 Å². The quantitative estimate of drug-likeness (QED) is 0.467. The fourth-order valence-electron chi connectivity index (χ4n) is 0.373. The molecule has 5 heteroatoms. The fraction of sp³-hybridized carbons (Fsp3) is 0.600. The van der Waals surface area contributed by atoms with Crippen LogP contribution in [0.4, 0.5) is 13.2 Å². The van der Waals surface area contributed by atoms with Crippen molar-refractivity contribution >= 4 is 11.2 Å². The largest absolute Gasteiger partial charge is 0.616 e. The van der Waals surface area contributed by atoms with E-state index in [0.29, 0.717) is 0 Å². The second-order valence-corrected chi connectivity index (χ2v) is 3.16. The van der Waals surface area contributed by atoms with Gasteiger partial charge in [-0.3, -0.25) is 0 Å². The first-order valence-corrected chi connectivity index (χ1v) is 3.97. The standard InChI is InChI=1S/C5H7F3OS/c1-2-3-10(9)4-5(6,7)8/h2H,1,3-4H2. The van der Waals surface area contributed by atoms with Crippen molar-refractivity contribution < 1.29 is 17.7 Å². The fourth-order valence-corrected chi connectivity index (χ4v) is 1.12. The molecule has 0 aromatic heterocycles. The van der Waals surface area contributed by atoms with Crippen LogP contribution in [0.5, 0.6) is 0 Å². The van der Waals surface area contributed by atoms with Crippen LogP contribution in [-0.2, 0) is 11.2 Å². The first kappa shape index (κ1) is 9.84. The third kappa shape index (κ3) is 5.97. The van der Waals surface area contributed by atoms with E-state index in [1.54, 1.807) is 0 Å². The maximum atomic E-state index is 11.4. The zero-order valence-electron chi connectivity index (χ0n) is 5.15. The molecule has 0 aromatic carbocycles. The highest BCUT2D eigenvalue weighted by Crippen LogP contribution is 2.17. The lowest BCUT2D eigenvalue weighted by atomic mass is 10.8. The Morgan fingerprint density at radius 1 is 1.50 bits per heavy atom. The highest BCUT2D eigenvalue weighted by atomic mass is 32.2. The highest BCUT2D eigenvalue weighted by molar-refractivity contribution is 7.91. The topological polar surface area (TPSA) is 23.1 Å². The van der Waals surface area contributed by atoms with Gasteiger partial charge in [-0.25, -0.2) is 0 Å². The molecule has 60 valence electrons. The summed E-state index contributed by atoms with van der Waals surface area (Å²) in [6, 6.07) is 0. The molecule has 0 heterocycles. The molecule has 0 N–H and O–H groups in total. The summed E-state index contributed by atoms with van der Waals surface area (Å²) < 4.78 is 44.6. The van der Waals surface area contributed by atoms with Gasteiger partial charge in [-0.05, 0) is 17.3 Å². The Kier molecular flexibility index (Phi) is 3.81. The molecule has 0 aliphatic heterocycles. The first-order valence-electron chi connectivity index (χ1n) is 2.48. The summed E-state index contributed by atoms with van der Waals surface area (Å²) in [5.74, 6) is -1.33. The molecule has 1 unspecified atom stereocenters. The van der Waals surface area contributed by atoms with Crippen molar-refractivity contribution in [2.24, 2.45) is 0 Å². The Balaban J connectivity index is 3.56. The summed E-state index contributed by atoms with van der Waals surface area (Å²) in [6.07, 6.45) is -3.12. The van der Waals surface area contributed by atoms with Gasteiger partial charge in [0.1, 0.15) is 5.75 Å². The van der Waals surface area contributed by atoms with Crippen molar-refractivity contribution in [1.82, 2.24) is 0 Å². The van der Waals surface area contributed by atoms with E-state index in [2.05, 4.69) is 6.58 Å². The monoisotopic (exact) mass is 172 g/mol. The molecule has 0 aliphatic rings. The van der Waals surface area contributed by atoms with E-state index in [9.17, 15) is 17.7 Å². The molecule has 1 nitrogen and oxygen atoms in total. The number of halogens is 3. The van der Waals surface area contributed by atoms with Gasteiger partial charge >= 0.3 is 6.18 Å². The van der Waals surface area contributed by atoms with E-state index < -0.39 is 23.1 Å². The summed E-state index contributed by atoms with van der Waals surface area (Å²) in [5, 5.41) is 0. The first-order chi connectivity index (χ1) is 4.45. The molecule has 0 saturated carbocycles. The summed E-state index contributed by atoms with van der Waals surface area (Å²) in [7, 11) is 0. The third-order valence-electron chi connectivity index (χ3n) is 0.628. The molecule has 0 aliphatic carbocycles. The molecule has 1 atom stereocenters. The van der Waals surface area contributed by atoms with Gasteiger partial charge in [-0.15, -0.1) is 0 Å². The summed E-state index contributed by atoms with van der Waals surface area (Å²) in [6.45, 7) is 3.17. The van der Waals surface area contributed by atoms with E-state index in [1.165, 1.54) is 6.08 Å². The van der Waals surface area contributed by atoms with Crippen LogP contribution in [0, 0.1) is 0 Å². The number of alkyl halides is 3. The van der Waals surface area contributed by atoms with Crippen molar-refractivity contribution in [3.63, 3.8) is 0 Å². The Hall–Kier alpha value is -0.160. The summed E-state index contributed by atoms with van der Waals surface area (Å²) in [4.78, 5) is 0. The minimum atomic E-state index is -4.33. The van der Waals surface area contributed by atoms with Crippen molar-refractivity contribution in [3.8, 4) is 0 Å². The van der Waals surface area contributed by atoms with Crippen molar-refractivity contribution in [2.45, 2.75) is 6.18 Å². The van der Waals surface area contributed by atoms with Crippen LogP contribution in [0.3, 0.4) is 0 Å². The van der Waals surface area contributed by atoms with Gasteiger partial charge < -0.3 is 4.55 Å². The van der Waals surface area contributed by atoms with E-state index in [-0.39, 0.29) is 5.75 Å². The maximum absolute atomic E-state index is 11.4. The third-order valence-corrected chi connectivity index (χ3v) is 1.89. The van der Waals surface area contributed by atoms with Gasteiger partial charge in [0.2, 0.25) is 5.75 Å². The van der Waals surface area contributed by atoms with Crippen LogP contribution in [0.15, 0.2) is 12.7 Å². The smallest absolute Gasteiger partial charge is 0.433 e. The molecule has 0 radical (unpaired) electrons. The molecule has 0 amide bonds. The Morgan fingerprint density at radius 3 is 2.30 bits per heavy atom. The average molecular weight is 172 g/mol. The predicted octanol–water partition coefficient (Wildman–Crippen LogP) is 1.48. The van der Waals surface area contributed by atoms with E-state index in [0.717, 1.165) is 0 Å². The van der Waals surface area contributed by atoms with Crippen molar-refractivity contribution in [1.29, 1.82) is 0 Å². The number of hydrogen-bond acceptors (Lipinski definition) is 1. The molecule has 0 fully saturated rings. The summed E-state index contributed by atoms with van der Waals surface area (Å²) >= 11 is -1.83. The minimum Gasteiger partial charge on any atom is -0.616 e. The maximum Gasteiger partial charge on any atom is 0.433 e. The molecular weight excluding hydrogens is 165 g/mol. The van der Waals surface area contributed by atoms with Crippen LogP contribution < -0.4 is 0 Å². The van der Waals surface area contributed by atoms with Gasteiger partial charge in [0.15, 0.2) is 0 Å². The van der Waals surface area contributed by atoms with Gasteiger partial charge in [0, 0.05) is 0 Å². The van der Waals surface area contributed by atoms with E-state index in [4.69, 9.17) is 0 Å². The normalized spacial score (nSPS) is 14.8. The Morgan fingerprint density at radius 2 is 2.00 bits per heavy atom. The molecular formula is C5H7F3OS. The molecule has 0 saturated heterocycles. The molecule has 0 aromatic rings. The van der Waals surface area contributed by atoms with Crippen LogP contribution in [0.2, 0.25) is 0 Å². The Labute approximate surface area is 60.1 Å². The Bertz CT molecular complexity index is 112. The zero-order chi connectivity index (χ0) is 8.20. The number of rotatable bonds is 3. The van der Waals surface area contributed by atoms with Crippen LogP contribution in [0.1, 0.15) is 0 Å². The van der Waals surface area contributed by atoms with E-state index >= 15 is 0 Å². The summed E-state index contributed by atoms with van der Waals surface area (Å²) in [5.41, 5.74) is 0. The molecule has 0 rings (SSSR count). The van der Waals surface area contributed by atoms with Gasteiger partial charge in [-0.2, -0.15) is 13.2 Å². The van der Waals surface area contributed by atoms with Crippen molar-refractivity contribution in [2.75, 3.05) is 11.5 Å². The highest BCUT2D eigenvalue weighted by Gasteiger charge is 2.33. The second kappa shape index (κ2) is 3.88. The van der Waals surface area contributed by atoms with Gasteiger partial charge in [0.25, 0.3) is 0 Å². The lowest BCUT2D eigenvalue weighted by Crippen LogP contribution is -2.24. The molecule has 10 heavy (non-hydrogen) atoms. The average Bonchev–Trinajstić information content (AvgIpc) is 1.59. The van der Waals surface area contributed by atoms with Crippen molar-refractivity contribution in [3.05, 3.63) is 12.7 Å². The SMILES string of the molecule is C=CC[S+]([O-])CC(F)(F)F. The lowest BCUT2D eigenvalue weighted by Gasteiger charge is -2.10. The van der Waals surface area contributed by atoms with Gasteiger partial charge in [0.05, 0.1) is 0 Å². The number of hydrogen-bond donors (Lipinski definition) is 0. The minimum absolute atomic E-state index is 0.0977. The van der Waals surface area contributed by atoms with Crippen LogP contribution in [-0.4, -0.2) is 22.2 Å². The van der Waals surface area contributed by atoms with Gasteiger partial charge in [-0.1, -0.05) is 6.58 Å². The zero-order valence-corrected chi connectivity index (χ0v) is 5.97. The molecule has 0 spiro atoms. The predicted molar refractivity (Wildman–Crippen MR) is 34.1 cm³/mol. The second-order valence-electron chi connectivity index (χ2n) is 1.65. The lowest BCUT2D eigenvalue weighted by molar-refractivity contribution is -0.106. The van der Waals surface area contributed by atoms with Crippen LogP contribution in [0.25, 0.3) is 0 Å².